The first-order chi connectivity index (χ1) is 66.9. The van der Waals surface area contributed by atoms with Gasteiger partial charge in [-0.15, -0.1) is 0 Å². The second kappa shape index (κ2) is 47.6. The predicted molar refractivity (Wildman–Crippen MR) is 513 cm³/mol. The third-order valence-electron chi connectivity index (χ3n) is 24.1. The van der Waals surface area contributed by atoms with Crippen LogP contribution < -0.4 is 51.0 Å². The van der Waals surface area contributed by atoms with Crippen LogP contribution in [-0.2, 0) is 61.3 Å². The lowest BCUT2D eigenvalue weighted by molar-refractivity contribution is 0.0701. The molecule has 8 heterocycles. The Labute approximate surface area is 803 Å². The zero-order valence-corrected chi connectivity index (χ0v) is 79.7. The SMILES string of the molecule is COCCN(C1CCN(c2ncc(C(=O)NO)cn2)CC1)S(=O)(=O)c1ccc2ccccc2c1.CS(=O)(=O)c1ccc(-c2ccccc2S(=O)(=O)NCC2CCN(c3ncc(C(=O)NO)cn3)CC2)cc1.O=C(NO)c1cnc(N2CCC(CNS(=O)(=O)c3ccccc3-c3ccc(CO)cc3)CC2)nc1.O=C(NO)c1cnc(N2CCC(N(CCO)S(=O)(=O)c3ccc4ccccc4c3)CC2)nc1. The van der Waals surface area contributed by atoms with E-state index in [0.717, 1.165) is 64.6 Å². The molecule has 139 heavy (non-hydrogen) atoms. The lowest BCUT2D eigenvalue weighted by Crippen LogP contribution is -2.48. The molecule has 0 spiro atoms. The molecule has 46 heteroatoms. The van der Waals surface area contributed by atoms with Crippen LogP contribution in [0, 0.1) is 11.8 Å². The number of methoxy groups -OCH3 is 1. The average Bonchev–Trinajstić information content (AvgIpc) is 0.769. The molecule has 16 rings (SSSR count). The van der Waals surface area contributed by atoms with Gasteiger partial charge in [-0.05, 0) is 150 Å². The van der Waals surface area contributed by atoms with Crippen LogP contribution in [-0.4, -0.2) is 262 Å². The normalized spacial score (nSPS) is 14.9. The minimum Gasteiger partial charge on any atom is -0.395 e. The molecular weight excluding hydrogens is 1890 g/mol. The molecule has 4 aliphatic rings. The summed E-state index contributed by atoms with van der Waals surface area (Å²) in [5.41, 5.74) is 9.95. The third kappa shape index (κ3) is 26.3. The van der Waals surface area contributed by atoms with Crippen LogP contribution in [0.5, 0.6) is 0 Å². The molecule has 0 atom stereocenters. The van der Waals surface area contributed by atoms with Crippen molar-refractivity contribution in [3.05, 3.63) is 259 Å². The van der Waals surface area contributed by atoms with E-state index in [1.807, 2.05) is 74.2 Å². The summed E-state index contributed by atoms with van der Waals surface area (Å²) >= 11 is 0. The average molecular weight is 2000 g/mol. The summed E-state index contributed by atoms with van der Waals surface area (Å²) in [7, 11) is -16.9. The molecule has 12 aromatic rings. The summed E-state index contributed by atoms with van der Waals surface area (Å²) in [6.45, 7) is 5.56. The predicted octanol–water partition coefficient (Wildman–Crippen LogP) is 7.27. The summed E-state index contributed by atoms with van der Waals surface area (Å²) < 4.78 is 144. The first kappa shape index (κ1) is 103. The second-order valence-electron chi connectivity index (χ2n) is 33.0. The van der Waals surface area contributed by atoms with E-state index < -0.39 is 73.6 Å². The smallest absolute Gasteiger partial charge is 0.277 e. The van der Waals surface area contributed by atoms with Gasteiger partial charge in [-0.1, -0.05) is 133 Å². The van der Waals surface area contributed by atoms with Crippen molar-refractivity contribution in [1.82, 2.24) is 79.8 Å². The number of hydrogen-bond donors (Lipinski definition) is 12. The van der Waals surface area contributed by atoms with Gasteiger partial charge in [-0.25, -0.2) is 113 Å². The number of amides is 4. The molecule has 4 saturated heterocycles. The maximum absolute atomic E-state index is 13.6. The van der Waals surface area contributed by atoms with Crippen LogP contribution in [0.3, 0.4) is 0 Å². The third-order valence-corrected chi connectivity index (χ3v) is 32.1. The van der Waals surface area contributed by atoms with Gasteiger partial charge in [-0.2, -0.15) is 8.61 Å². The Kier molecular flexibility index (Phi) is 35.4. The van der Waals surface area contributed by atoms with E-state index in [9.17, 15) is 71.5 Å². The minimum atomic E-state index is -3.82. The van der Waals surface area contributed by atoms with Gasteiger partial charge in [-0.3, -0.25) is 40.0 Å². The van der Waals surface area contributed by atoms with Crippen LogP contribution in [0.25, 0.3) is 43.8 Å². The molecule has 12 N–H and O–H groups in total. The Hall–Kier alpha value is -13.0. The first-order valence-electron chi connectivity index (χ1n) is 44.2. The van der Waals surface area contributed by atoms with E-state index in [0.29, 0.717) is 132 Å². The van der Waals surface area contributed by atoms with Crippen molar-refractivity contribution < 1.29 is 97.0 Å². The quantitative estimate of drug-likeness (QED) is 0.0150. The van der Waals surface area contributed by atoms with E-state index in [1.165, 1.54) is 83.0 Å². The number of carbonyl (C=O) groups excluding carboxylic acids is 4. The number of carbonyl (C=O) groups is 4. The Morgan fingerprint density at radius 1 is 0.374 bits per heavy atom. The van der Waals surface area contributed by atoms with E-state index in [1.54, 1.807) is 132 Å². The molecule has 4 aliphatic heterocycles. The first-order valence-corrected chi connectivity index (χ1v) is 52.0. The van der Waals surface area contributed by atoms with E-state index in [-0.39, 0.29) is 103 Å². The Morgan fingerprint density at radius 2 is 0.669 bits per heavy atom. The fourth-order valence-corrected chi connectivity index (χ4v) is 23.1. The monoisotopic (exact) mass is 2000 g/mol. The zero-order valence-electron chi connectivity index (χ0n) is 75.6. The van der Waals surface area contributed by atoms with Crippen molar-refractivity contribution in [3.63, 3.8) is 0 Å². The van der Waals surface area contributed by atoms with Crippen LogP contribution >= 0.6 is 0 Å². The summed E-state index contributed by atoms with van der Waals surface area (Å²) in [6.07, 6.45) is 17.0. The fraction of sp³-hybridized carbons (Fsp3) is 0.312. The maximum Gasteiger partial charge on any atom is 0.277 e. The van der Waals surface area contributed by atoms with Crippen LogP contribution in [0.15, 0.2) is 256 Å². The summed E-state index contributed by atoms with van der Waals surface area (Å²) in [4.78, 5) is 88.0. The number of hydrogen-bond acceptors (Lipinski definition) is 33. The molecule has 4 aromatic heterocycles. The fourth-order valence-electron chi connectivity index (χ4n) is 16.4. The number of benzene rings is 8. The number of rotatable bonds is 31. The van der Waals surface area contributed by atoms with Crippen LogP contribution in [0.1, 0.15) is 98.4 Å². The summed E-state index contributed by atoms with van der Waals surface area (Å²) in [5, 5.41) is 57.3. The van der Waals surface area contributed by atoms with Crippen molar-refractivity contribution in [1.29, 1.82) is 0 Å². The highest BCUT2D eigenvalue weighted by Crippen LogP contribution is 2.35. The van der Waals surface area contributed by atoms with Crippen molar-refractivity contribution in [2.75, 3.05) is 125 Å². The molecule has 0 bridgehead atoms. The van der Waals surface area contributed by atoms with E-state index in [2.05, 4.69) is 49.3 Å². The van der Waals surface area contributed by atoms with Crippen molar-refractivity contribution in [2.24, 2.45) is 11.8 Å². The number of hydroxylamine groups is 4. The maximum atomic E-state index is 13.6. The number of aliphatic hydroxyl groups excluding tert-OH is 2. The molecule has 0 saturated carbocycles. The molecule has 8 aromatic carbocycles. The van der Waals surface area contributed by atoms with E-state index >= 15 is 0 Å². The van der Waals surface area contributed by atoms with Crippen LogP contribution in [0.2, 0.25) is 0 Å². The number of fused-ring (bicyclic) bond motifs is 2. The zero-order chi connectivity index (χ0) is 99.0. The number of ether oxygens (including phenoxy) is 1. The van der Waals surface area contributed by atoms with Crippen LogP contribution in [0.4, 0.5) is 23.8 Å². The van der Waals surface area contributed by atoms with E-state index in [4.69, 9.17) is 25.6 Å². The molecule has 4 fully saturated rings. The second-order valence-corrected chi connectivity index (χ2v) is 42.2. The molecule has 0 radical (unpaired) electrons. The number of sulfonamides is 4. The van der Waals surface area contributed by atoms with Gasteiger partial charge >= 0.3 is 0 Å². The number of sulfone groups is 1. The van der Waals surface area contributed by atoms with Gasteiger partial charge in [0.2, 0.25) is 63.9 Å². The Morgan fingerprint density at radius 3 is 0.978 bits per heavy atom. The molecule has 41 nitrogen and oxygen atoms in total. The van der Waals surface area contributed by atoms with Gasteiger partial charge in [0.05, 0.1) is 66.6 Å². The Balaban J connectivity index is 0.000000156. The highest BCUT2D eigenvalue weighted by atomic mass is 32.2. The number of aromatic nitrogens is 8. The van der Waals surface area contributed by atoms with Crippen molar-refractivity contribution in [3.8, 4) is 22.3 Å². The van der Waals surface area contributed by atoms with Gasteiger partial charge in [0, 0.05) is 165 Å². The van der Waals surface area contributed by atoms with Gasteiger partial charge < -0.3 is 34.5 Å². The highest BCUT2D eigenvalue weighted by molar-refractivity contribution is 7.91. The van der Waals surface area contributed by atoms with Gasteiger partial charge in [0.1, 0.15) is 0 Å². The minimum absolute atomic E-state index is 0.0152. The van der Waals surface area contributed by atoms with Gasteiger partial charge in [0.15, 0.2) is 9.84 Å². The number of nitrogens with one attached hydrogen (secondary N) is 6. The van der Waals surface area contributed by atoms with Gasteiger partial charge in [0.25, 0.3) is 23.6 Å². The lowest BCUT2D eigenvalue weighted by Gasteiger charge is -2.37. The van der Waals surface area contributed by atoms with Crippen molar-refractivity contribution in [2.45, 2.75) is 94.5 Å². The topological polar surface area (TPSA) is 564 Å². The summed E-state index contributed by atoms with van der Waals surface area (Å²) in [5.74, 6) is -0.636. The Bertz CT molecular complexity index is 6840. The molecule has 0 aliphatic carbocycles. The highest BCUT2D eigenvalue weighted by Gasteiger charge is 2.38. The number of anilines is 4. The molecule has 0 unspecified atom stereocenters. The lowest BCUT2D eigenvalue weighted by atomic mass is 9.97. The molecular formula is C93H106N20O21S5. The number of piperidine rings is 4. The number of aliphatic hydroxyl groups is 2. The largest absolute Gasteiger partial charge is 0.395 e. The summed E-state index contributed by atoms with van der Waals surface area (Å²) in [6, 6.07) is 51.8. The molecule has 734 valence electrons. The number of nitrogens with zero attached hydrogens (tertiary/aromatic N) is 14. The standard InChI is InChI=1S/C24H27N5O6S2.C24H27N5O5S.C23H27N5O5S.C22H25N5O5S/c1-36(32,33)20-8-6-18(7-9-20)21-4-2-3-5-22(21)37(34,35)27-14-17-10-12-29(13-11-17)24-25-15-19(16-26-24)23(30)28-31;30-16-18-5-7-19(8-6-18)21-3-1-2-4-22(21)35(33,34)27-13-17-9-11-29(12-10-17)24-25-14-20(15-26-24)23(31)28-32;1-33-13-12-28(34(31,32)21-7-6-17-4-2-3-5-18(17)14-21)20-8-10-27(11-9-20)23-24-15-19(16-25-23)22(29)26-30;28-12-11-27(33(31,32)20-6-5-16-3-1-2-4-17(16)13-20)19-7-9-26(10-8-19)22-23-14-18(15-24-22)21(29)25-30/h2-9,15-17,27,31H,10-14H2,1H3,(H,28,30);1-8,14-15,17,27,30,32H,9-13,16H2,(H,28,31);2-7,14-16,20,30H,8-13H2,1H3,(H,26,29);1-6,13-15,19,28,30H,7-12H2,(H,25,29). The van der Waals surface area contributed by atoms with Crippen molar-refractivity contribution >= 4 is 119 Å². The molecule has 4 amide bonds.